The van der Waals surface area contributed by atoms with Crippen LogP contribution in [-0.2, 0) is 4.79 Å². The normalized spacial score (nSPS) is 16.9. The summed E-state index contributed by atoms with van der Waals surface area (Å²) in [6.45, 7) is 0.156. The number of nitrogens with zero attached hydrogens (tertiary/aromatic N) is 1. The van der Waals surface area contributed by atoms with E-state index in [4.69, 9.17) is 21.1 Å². The van der Waals surface area contributed by atoms with Crippen LogP contribution in [0.4, 0.5) is 0 Å². The van der Waals surface area contributed by atoms with E-state index in [9.17, 15) is 4.79 Å². The van der Waals surface area contributed by atoms with Gasteiger partial charge in [0.15, 0.2) is 11.5 Å². The molecule has 0 fully saturated rings. The molecule has 108 valence electrons. The van der Waals surface area contributed by atoms with Gasteiger partial charge in [-0.2, -0.15) is 5.10 Å². The lowest BCUT2D eigenvalue weighted by molar-refractivity contribution is -0.130. The Balaban J connectivity index is 1.58. The van der Waals surface area contributed by atoms with Crippen LogP contribution in [0.5, 0.6) is 11.5 Å². The number of hydrogen-bond acceptors (Lipinski definition) is 5. The van der Waals surface area contributed by atoms with Crippen molar-refractivity contribution in [2.45, 2.75) is 6.10 Å². The Hall–Kier alpha value is -2.05. The molecular weight excluding hydrogens is 312 g/mol. The third kappa shape index (κ3) is 3.34. The second kappa shape index (κ2) is 6.15. The Morgan fingerprint density at radius 3 is 2.90 bits per heavy atom. The smallest absolute Gasteiger partial charge is 0.284 e. The van der Waals surface area contributed by atoms with E-state index in [2.05, 4.69) is 10.5 Å². The molecule has 0 radical (unpaired) electrons. The number of hydrazone groups is 1. The molecule has 3 rings (SSSR count). The molecule has 2 heterocycles. The Kier molecular flexibility index (Phi) is 4.08. The highest BCUT2D eigenvalue weighted by Gasteiger charge is 2.26. The van der Waals surface area contributed by atoms with Crippen molar-refractivity contribution in [2.24, 2.45) is 5.10 Å². The summed E-state index contributed by atoms with van der Waals surface area (Å²) >= 11 is 7.18. The molecule has 2 aromatic rings. The molecule has 1 aliphatic rings. The second-order valence-electron chi connectivity index (χ2n) is 4.24. The van der Waals surface area contributed by atoms with Crippen LogP contribution in [0, 0.1) is 0 Å². The number of ether oxygens (including phenoxy) is 2. The minimum atomic E-state index is -0.719. The van der Waals surface area contributed by atoms with Crippen molar-refractivity contribution < 1.29 is 14.3 Å². The number of carbonyl (C=O) groups excluding carboxylic acids is 1. The Morgan fingerprint density at radius 1 is 1.33 bits per heavy atom. The molecule has 0 aliphatic carbocycles. The fourth-order valence-electron chi connectivity index (χ4n) is 1.78. The van der Waals surface area contributed by atoms with Crippen molar-refractivity contribution in [2.75, 3.05) is 6.61 Å². The molecule has 1 unspecified atom stereocenters. The molecule has 5 nitrogen and oxygen atoms in total. The third-order valence-corrected chi connectivity index (χ3v) is 3.93. The van der Waals surface area contributed by atoms with Gasteiger partial charge in [0.1, 0.15) is 6.61 Å². The predicted octanol–water partition coefficient (Wildman–Crippen LogP) is 2.69. The van der Waals surface area contributed by atoms with Gasteiger partial charge in [-0.05, 0) is 24.3 Å². The molecule has 1 aromatic carbocycles. The van der Waals surface area contributed by atoms with E-state index in [0.29, 0.717) is 15.8 Å². The lowest BCUT2D eigenvalue weighted by atomic mass is 10.2. The zero-order valence-corrected chi connectivity index (χ0v) is 12.4. The fourth-order valence-corrected chi connectivity index (χ4v) is 2.71. The number of para-hydroxylation sites is 2. The summed E-state index contributed by atoms with van der Waals surface area (Å²) in [4.78, 5) is 12.8. The van der Waals surface area contributed by atoms with Gasteiger partial charge in [-0.3, -0.25) is 4.79 Å². The van der Waals surface area contributed by atoms with Gasteiger partial charge >= 0.3 is 0 Å². The first-order valence-electron chi connectivity index (χ1n) is 6.19. The Bertz CT molecular complexity index is 686. The van der Waals surface area contributed by atoms with E-state index < -0.39 is 6.10 Å². The van der Waals surface area contributed by atoms with Gasteiger partial charge in [-0.1, -0.05) is 23.7 Å². The van der Waals surface area contributed by atoms with Crippen LogP contribution in [0.25, 0.3) is 0 Å². The van der Waals surface area contributed by atoms with E-state index >= 15 is 0 Å². The summed E-state index contributed by atoms with van der Waals surface area (Å²) in [5.41, 5.74) is 2.43. The van der Waals surface area contributed by atoms with Crippen LogP contribution in [-0.4, -0.2) is 24.8 Å². The van der Waals surface area contributed by atoms with Crippen LogP contribution < -0.4 is 14.9 Å². The summed E-state index contributed by atoms with van der Waals surface area (Å²) in [6, 6.07) is 10.8. The Labute approximate surface area is 130 Å². The number of fused-ring (bicyclic) bond motifs is 1. The number of halogens is 1. The number of amides is 1. The second-order valence-corrected chi connectivity index (χ2v) is 5.99. The molecule has 1 aromatic heterocycles. The molecule has 1 amide bonds. The molecule has 7 heteroatoms. The number of nitrogens with one attached hydrogen (secondary N) is 1. The number of thiophene rings is 1. The van der Waals surface area contributed by atoms with Crippen molar-refractivity contribution in [3.05, 3.63) is 45.6 Å². The van der Waals surface area contributed by atoms with E-state index in [-0.39, 0.29) is 12.5 Å². The summed E-state index contributed by atoms with van der Waals surface area (Å²) < 4.78 is 11.7. The van der Waals surface area contributed by atoms with Crippen molar-refractivity contribution >= 4 is 35.1 Å². The zero-order valence-electron chi connectivity index (χ0n) is 10.8. The molecule has 0 bridgehead atoms. The number of rotatable bonds is 3. The first kappa shape index (κ1) is 13.9. The van der Waals surface area contributed by atoms with Crippen LogP contribution >= 0.6 is 22.9 Å². The summed E-state index contributed by atoms with van der Waals surface area (Å²) in [6.07, 6.45) is 0.815. The summed E-state index contributed by atoms with van der Waals surface area (Å²) in [5, 5.41) is 3.88. The molecule has 21 heavy (non-hydrogen) atoms. The van der Waals surface area contributed by atoms with Gasteiger partial charge in [0, 0.05) is 4.88 Å². The molecule has 1 aliphatic heterocycles. The lowest BCUT2D eigenvalue weighted by Gasteiger charge is -2.24. The van der Waals surface area contributed by atoms with Crippen molar-refractivity contribution in [3.8, 4) is 11.5 Å². The number of hydrogen-bond donors (Lipinski definition) is 1. The largest absolute Gasteiger partial charge is 0.485 e. The highest BCUT2D eigenvalue weighted by Crippen LogP contribution is 2.30. The fraction of sp³-hybridized carbons (Fsp3) is 0.143. The molecule has 1 N–H and O–H groups in total. The van der Waals surface area contributed by atoms with E-state index in [0.717, 1.165) is 4.88 Å². The van der Waals surface area contributed by atoms with Gasteiger partial charge in [0.05, 0.1) is 10.6 Å². The maximum atomic E-state index is 12.0. The molecular formula is C14H11ClN2O3S. The molecule has 0 saturated heterocycles. The lowest BCUT2D eigenvalue weighted by Crippen LogP contribution is -2.42. The van der Waals surface area contributed by atoms with Crippen molar-refractivity contribution in [1.82, 2.24) is 5.43 Å². The zero-order chi connectivity index (χ0) is 14.7. The average molecular weight is 323 g/mol. The van der Waals surface area contributed by atoms with Gasteiger partial charge in [0.25, 0.3) is 5.91 Å². The van der Waals surface area contributed by atoms with Crippen LogP contribution in [0.2, 0.25) is 4.34 Å². The number of carbonyl (C=O) groups is 1. The van der Waals surface area contributed by atoms with Crippen LogP contribution in [0.3, 0.4) is 0 Å². The molecule has 0 saturated carbocycles. The SMILES string of the molecule is O=C(N/N=C/c1ccc(Cl)s1)C1COc2ccccc2O1. The van der Waals surface area contributed by atoms with E-state index in [1.54, 1.807) is 18.2 Å². The van der Waals surface area contributed by atoms with Gasteiger partial charge in [-0.15, -0.1) is 11.3 Å². The van der Waals surface area contributed by atoms with Gasteiger partial charge < -0.3 is 9.47 Å². The third-order valence-electron chi connectivity index (χ3n) is 2.76. The standard InChI is InChI=1S/C14H11ClN2O3S/c15-13-6-5-9(21-13)7-16-17-14(18)12-8-19-10-3-1-2-4-11(10)20-12/h1-7,12H,8H2,(H,17,18)/b16-7+. The Morgan fingerprint density at radius 2 is 2.14 bits per heavy atom. The van der Waals surface area contributed by atoms with E-state index in [1.807, 2.05) is 18.2 Å². The van der Waals surface area contributed by atoms with Crippen molar-refractivity contribution in [3.63, 3.8) is 0 Å². The first-order chi connectivity index (χ1) is 10.2. The average Bonchev–Trinajstić information content (AvgIpc) is 2.92. The molecule has 1 atom stereocenters. The van der Waals surface area contributed by atoms with Crippen LogP contribution in [0.1, 0.15) is 4.88 Å². The summed E-state index contributed by atoms with van der Waals surface area (Å²) in [5.74, 6) is 0.833. The first-order valence-corrected chi connectivity index (χ1v) is 7.38. The van der Waals surface area contributed by atoms with Crippen LogP contribution in [0.15, 0.2) is 41.5 Å². The molecule has 0 spiro atoms. The van der Waals surface area contributed by atoms with E-state index in [1.165, 1.54) is 17.6 Å². The van der Waals surface area contributed by atoms with Gasteiger partial charge in [0.2, 0.25) is 6.10 Å². The highest BCUT2D eigenvalue weighted by atomic mass is 35.5. The predicted molar refractivity (Wildman–Crippen MR) is 81.4 cm³/mol. The quantitative estimate of drug-likeness (QED) is 0.698. The van der Waals surface area contributed by atoms with Gasteiger partial charge in [-0.25, -0.2) is 5.43 Å². The minimum absolute atomic E-state index is 0.156. The number of benzene rings is 1. The highest BCUT2D eigenvalue weighted by molar-refractivity contribution is 7.17. The van der Waals surface area contributed by atoms with Crippen molar-refractivity contribution in [1.29, 1.82) is 0 Å². The maximum Gasteiger partial charge on any atom is 0.284 e. The minimum Gasteiger partial charge on any atom is -0.485 e. The maximum absolute atomic E-state index is 12.0. The summed E-state index contributed by atoms with van der Waals surface area (Å²) in [7, 11) is 0. The monoisotopic (exact) mass is 322 g/mol. The topological polar surface area (TPSA) is 59.9 Å².